The van der Waals surface area contributed by atoms with Crippen LogP contribution in [0.5, 0.6) is 0 Å². The largest absolute Gasteiger partial charge is 0.481 e. The Morgan fingerprint density at radius 3 is 2.21 bits per heavy atom. The number of hydrogen-bond donors (Lipinski definition) is 3. The molecule has 5 aliphatic rings. The number of rotatable bonds is 3. The summed E-state index contributed by atoms with van der Waals surface area (Å²) >= 11 is 0. The Labute approximate surface area is 206 Å². The number of carboxylic acids is 1. The van der Waals surface area contributed by atoms with Crippen molar-refractivity contribution < 1.29 is 20.1 Å². The zero-order valence-corrected chi connectivity index (χ0v) is 22.2. The predicted molar refractivity (Wildman–Crippen MR) is 134 cm³/mol. The highest BCUT2D eigenvalue weighted by molar-refractivity contribution is 5.76. The standard InChI is InChI=1S/C30H48O4/c1-18(2)19-9-14-30(25(33)34)16-15-28(5)20(24(19)30)7-8-22-26(3)12-11-23(32)27(4,17-31)21(26)10-13-29(22,28)6/h19-24,31-32H,1,7-17H2,2-6H3,(H,33,34)/t19-,20+,21-,22+,23-,24-,26-,27-,28+,29+,30-/m0/s1. The van der Waals surface area contributed by atoms with Gasteiger partial charge in [0.1, 0.15) is 0 Å². The maximum atomic E-state index is 12.8. The molecular weight excluding hydrogens is 424 g/mol. The second-order valence-electron chi connectivity index (χ2n) is 14.4. The first-order valence-corrected chi connectivity index (χ1v) is 14.0. The summed E-state index contributed by atoms with van der Waals surface area (Å²) in [5.41, 5.74) is 0.586. The monoisotopic (exact) mass is 472 g/mol. The summed E-state index contributed by atoms with van der Waals surface area (Å²) in [5.74, 6) is 1.30. The molecule has 34 heavy (non-hydrogen) atoms. The van der Waals surface area contributed by atoms with E-state index in [9.17, 15) is 20.1 Å². The zero-order valence-electron chi connectivity index (χ0n) is 22.2. The molecule has 5 saturated carbocycles. The Balaban J connectivity index is 1.56. The van der Waals surface area contributed by atoms with Crippen molar-refractivity contribution in [3.63, 3.8) is 0 Å². The summed E-state index contributed by atoms with van der Waals surface area (Å²) in [6.07, 6.45) is 9.43. The van der Waals surface area contributed by atoms with Gasteiger partial charge in [-0.05, 0) is 117 Å². The molecule has 3 N–H and O–H groups in total. The summed E-state index contributed by atoms with van der Waals surface area (Å²) < 4.78 is 0. The molecule has 0 spiro atoms. The van der Waals surface area contributed by atoms with E-state index in [1.54, 1.807) is 0 Å². The molecule has 0 aromatic heterocycles. The van der Waals surface area contributed by atoms with Crippen LogP contribution in [-0.2, 0) is 4.79 Å². The van der Waals surface area contributed by atoms with E-state index in [0.29, 0.717) is 23.7 Å². The van der Waals surface area contributed by atoms with Crippen LogP contribution in [-0.4, -0.2) is 34.0 Å². The molecule has 0 amide bonds. The summed E-state index contributed by atoms with van der Waals surface area (Å²) in [7, 11) is 0. The molecule has 0 bridgehead atoms. The van der Waals surface area contributed by atoms with Gasteiger partial charge in [0.2, 0.25) is 0 Å². The molecule has 11 atom stereocenters. The predicted octanol–water partition coefficient (Wildman–Crippen LogP) is 6.06. The van der Waals surface area contributed by atoms with Crippen LogP contribution in [0, 0.1) is 56.7 Å². The number of fused-ring (bicyclic) bond motifs is 7. The third-order valence-electron chi connectivity index (χ3n) is 13.6. The Morgan fingerprint density at radius 1 is 0.882 bits per heavy atom. The zero-order chi connectivity index (χ0) is 24.9. The third-order valence-corrected chi connectivity index (χ3v) is 13.6. The second-order valence-corrected chi connectivity index (χ2v) is 14.4. The van der Waals surface area contributed by atoms with Crippen molar-refractivity contribution in [3.8, 4) is 0 Å². The van der Waals surface area contributed by atoms with E-state index in [2.05, 4.69) is 41.2 Å². The van der Waals surface area contributed by atoms with Gasteiger partial charge >= 0.3 is 5.97 Å². The lowest BCUT2D eigenvalue weighted by Gasteiger charge is -2.72. The SMILES string of the molecule is C=C(C)[C@@H]1CC[C@]2(C(=O)O)CC[C@]3(C)[C@H](CC[C@@H]4[C@@]5(C)CC[C@H](O)[C@@](C)(CO)[C@H]5CC[C@]43C)[C@H]12. The van der Waals surface area contributed by atoms with E-state index in [1.807, 2.05) is 0 Å². The van der Waals surface area contributed by atoms with Gasteiger partial charge in [0.05, 0.1) is 18.1 Å². The molecule has 5 aliphatic carbocycles. The van der Waals surface area contributed by atoms with E-state index in [1.165, 1.54) is 5.57 Å². The van der Waals surface area contributed by atoms with Crippen LogP contribution in [0.2, 0.25) is 0 Å². The fourth-order valence-electron chi connectivity index (χ4n) is 11.5. The number of carbonyl (C=O) groups is 1. The third kappa shape index (κ3) is 2.76. The number of aliphatic hydroxyl groups excluding tert-OH is 2. The molecule has 5 rings (SSSR count). The van der Waals surface area contributed by atoms with Crippen molar-refractivity contribution >= 4 is 5.97 Å². The van der Waals surface area contributed by atoms with Crippen molar-refractivity contribution in [2.45, 2.75) is 105 Å². The fourth-order valence-corrected chi connectivity index (χ4v) is 11.5. The summed E-state index contributed by atoms with van der Waals surface area (Å²) in [6.45, 7) is 16.2. The van der Waals surface area contributed by atoms with Crippen molar-refractivity contribution in [2.75, 3.05) is 6.61 Å². The van der Waals surface area contributed by atoms with E-state index in [0.717, 1.165) is 64.2 Å². The van der Waals surface area contributed by atoms with Gasteiger partial charge in [-0.25, -0.2) is 0 Å². The molecule has 4 nitrogen and oxygen atoms in total. The van der Waals surface area contributed by atoms with Crippen molar-refractivity contribution in [1.29, 1.82) is 0 Å². The first-order valence-electron chi connectivity index (χ1n) is 14.0. The summed E-state index contributed by atoms with van der Waals surface area (Å²) in [6, 6.07) is 0. The number of aliphatic carboxylic acids is 1. The van der Waals surface area contributed by atoms with Crippen LogP contribution in [0.3, 0.4) is 0 Å². The average molecular weight is 473 g/mol. The number of carboxylic acid groups (broad SMARTS) is 1. The highest BCUT2D eigenvalue weighted by atomic mass is 16.4. The van der Waals surface area contributed by atoms with Crippen molar-refractivity contribution in [2.24, 2.45) is 56.7 Å². The first-order chi connectivity index (χ1) is 15.8. The summed E-state index contributed by atoms with van der Waals surface area (Å²) in [5, 5.41) is 31.8. The van der Waals surface area contributed by atoms with Gasteiger partial charge in [-0.1, -0.05) is 39.8 Å². The highest BCUT2D eigenvalue weighted by Gasteiger charge is 2.72. The highest BCUT2D eigenvalue weighted by Crippen LogP contribution is 2.77. The maximum absolute atomic E-state index is 12.8. The van der Waals surface area contributed by atoms with Crippen LogP contribution in [0.4, 0.5) is 0 Å². The van der Waals surface area contributed by atoms with Crippen LogP contribution in [0.25, 0.3) is 0 Å². The lowest BCUT2D eigenvalue weighted by molar-refractivity contribution is -0.254. The Hall–Kier alpha value is -0.870. The minimum Gasteiger partial charge on any atom is -0.481 e. The van der Waals surface area contributed by atoms with Gasteiger partial charge in [0, 0.05) is 5.41 Å². The van der Waals surface area contributed by atoms with Gasteiger partial charge in [-0.15, -0.1) is 0 Å². The average Bonchev–Trinajstić information content (AvgIpc) is 3.18. The number of hydrogen-bond acceptors (Lipinski definition) is 3. The van der Waals surface area contributed by atoms with Crippen LogP contribution in [0.1, 0.15) is 98.8 Å². The molecular formula is C30H48O4. The smallest absolute Gasteiger partial charge is 0.309 e. The Bertz CT molecular complexity index is 883. The van der Waals surface area contributed by atoms with Crippen LogP contribution < -0.4 is 0 Å². The van der Waals surface area contributed by atoms with Crippen molar-refractivity contribution in [1.82, 2.24) is 0 Å². The molecule has 0 aromatic carbocycles. The van der Waals surface area contributed by atoms with E-state index in [4.69, 9.17) is 0 Å². The normalized spacial score (nSPS) is 56.6. The number of aliphatic hydroxyl groups is 2. The Kier molecular flexibility index (Phi) is 5.52. The molecule has 0 aliphatic heterocycles. The summed E-state index contributed by atoms with van der Waals surface area (Å²) in [4.78, 5) is 12.8. The minimum absolute atomic E-state index is 0.0568. The molecule has 4 heteroatoms. The molecule has 0 heterocycles. The molecule has 0 aromatic rings. The lowest BCUT2D eigenvalue weighted by Crippen LogP contribution is -2.67. The molecule has 5 fully saturated rings. The van der Waals surface area contributed by atoms with E-state index >= 15 is 0 Å². The van der Waals surface area contributed by atoms with Gasteiger partial charge in [-0.2, -0.15) is 0 Å². The second kappa shape index (κ2) is 7.57. The Morgan fingerprint density at radius 2 is 1.59 bits per heavy atom. The quantitative estimate of drug-likeness (QED) is 0.436. The van der Waals surface area contributed by atoms with Crippen molar-refractivity contribution in [3.05, 3.63) is 12.2 Å². The van der Waals surface area contributed by atoms with E-state index in [-0.39, 0.29) is 28.8 Å². The fraction of sp³-hybridized carbons (Fsp3) is 0.900. The van der Waals surface area contributed by atoms with Gasteiger partial charge in [0.15, 0.2) is 0 Å². The van der Waals surface area contributed by atoms with Gasteiger partial charge in [-0.3, -0.25) is 4.79 Å². The lowest BCUT2D eigenvalue weighted by atomic mass is 9.32. The van der Waals surface area contributed by atoms with Crippen LogP contribution >= 0.6 is 0 Å². The molecule has 0 saturated heterocycles. The first kappa shape index (κ1) is 24.8. The molecule has 0 unspecified atom stereocenters. The topological polar surface area (TPSA) is 77.8 Å². The van der Waals surface area contributed by atoms with Gasteiger partial charge in [0.25, 0.3) is 0 Å². The number of allylic oxidation sites excluding steroid dienone is 1. The molecule has 0 radical (unpaired) electrons. The molecule has 192 valence electrons. The minimum atomic E-state index is -0.567. The van der Waals surface area contributed by atoms with Crippen LogP contribution in [0.15, 0.2) is 12.2 Å². The maximum Gasteiger partial charge on any atom is 0.309 e. The van der Waals surface area contributed by atoms with E-state index < -0.39 is 22.9 Å². The van der Waals surface area contributed by atoms with Gasteiger partial charge < -0.3 is 15.3 Å².